The van der Waals surface area contributed by atoms with E-state index in [1.807, 2.05) is 24.3 Å². The Kier molecular flexibility index (Phi) is 4.58. The van der Waals surface area contributed by atoms with Gasteiger partial charge in [0.15, 0.2) is 0 Å². The highest BCUT2D eigenvalue weighted by atomic mass is 127. The fraction of sp³-hybridized carbons (Fsp3) is 0.462. The zero-order valence-corrected chi connectivity index (χ0v) is 12.2. The number of hydrogen-bond donors (Lipinski definition) is 2. The van der Waals surface area contributed by atoms with Gasteiger partial charge in [-0.2, -0.15) is 0 Å². The molecule has 0 spiro atoms. The Morgan fingerprint density at radius 2 is 1.83 bits per heavy atom. The van der Waals surface area contributed by atoms with Crippen molar-refractivity contribution in [1.29, 1.82) is 0 Å². The molecule has 1 aromatic rings. The molecule has 0 unspecified atom stereocenters. The number of benzene rings is 1. The van der Waals surface area contributed by atoms with Crippen molar-refractivity contribution in [2.45, 2.75) is 25.0 Å². The van der Waals surface area contributed by atoms with Gasteiger partial charge in [0.05, 0.1) is 0 Å². The van der Waals surface area contributed by atoms with Gasteiger partial charge in [-0.1, -0.05) is 12.1 Å². The van der Waals surface area contributed by atoms with Crippen LogP contribution in [0.4, 0.5) is 0 Å². The summed E-state index contributed by atoms with van der Waals surface area (Å²) in [6, 6.07) is 6.54. The fourth-order valence-corrected chi connectivity index (χ4v) is 2.51. The molecule has 1 amide bonds. The lowest BCUT2D eigenvalue weighted by Crippen LogP contribution is -2.45. The third kappa shape index (κ3) is 3.02. The molecule has 98 valence electrons. The molecule has 18 heavy (non-hydrogen) atoms. The molecule has 2 atom stereocenters. The molecule has 1 aromatic carbocycles. The van der Waals surface area contributed by atoms with Crippen molar-refractivity contribution in [3.8, 4) is 0 Å². The highest BCUT2D eigenvalue weighted by molar-refractivity contribution is 14.1. The Labute approximate surface area is 120 Å². The van der Waals surface area contributed by atoms with Crippen LogP contribution in [-0.2, 0) is 4.79 Å². The predicted molar refractivity (Wildman–Crippen MR) is 77.9 cm³/mol. The van der Waals surface area contributed by atoms with E-state index in [1.165, 1.54) is 0 Å². The summed E-state index contributed by atoms with van der Waals surface area (Å²) in [6.45, 7) is 1.51. The van der Waals surface area contributed by atoms with Crippen LogP contribution in [0.15, 0.2) is 24.3 Å². The number of aliphatic hydroxyl groups excluding tert-OH is 1. The first-order valence-electron chi connectivity index (χ1n) is 6.07. The summed E-state index contributed by atoms with van der Waals surface area (Å²) in [6.07, 6.45) is 1.12. The molecule has 5 heteroatoms. The van der Waals surface area contributed by atoms with E-state index >= 15 is 0 Å². The first-order valence-corrected chi connectivity index (χ1v) is 7.15. The number of likely N-dealkylation sites (tertiary alicyclic amines) is 1. The van der Waals surface area contributed by atoms with Gasteiger partial charge in [-0.05, 0) is 53.1 Å². The van der Waals surface area contributed by atoms with E-state index < -0.39 is 12.1 Å². The minimum absolute atomic E-state index is 0.154. The number of carbonyl (C=O) groups excluding carboxylic acids is 1. The first kappa shape index (κ1) is 13.8. The maximum absolute atomic E-state index is 12.1. The number of rotatable bonds is 3. The Balaban J connectivity index is 2.05. The van der Waals surface area contributed by atoms with Crippen molar-refractivity contribution in [3.05, 3.63) is 33.4 Å². The molecule has 2 rings (SSSR count). The maximum Gasteiger partial charge on any atom is 0.242 e. The number of nitrogens with two attached hydrogens (primary N) is 1. The van der Waals surface area contributed by atoms with Crippen molar-refractivity contribution < 1.29 is 9.90 Å². The topological polar surface area (TPSA) is 66.6 Å². The molecule has 3 N–H and O–H groups in total. The quantitative estimate of drug-likeness (QED) is 0.798. The van der Waals surface area contributed by atoms with E-state index in [0.29, 0.717) is 5.56 Å². The van der Waals surface area contributed by atoms with E-state index in [0.717, 1.165) is 29.5 Å². The van der Waals surface area contributed by atoms with E-state index in [4.69, 9.17) is 5.73 Å². The summed E-state index contributed by atoms with van der Waals surface area (Å²) in [7, 11) is 0. The Hall–Kier alpha value is -0.660. The number of hydrogen-bond acceptors (Lipinski definition) is 3. The van der Waals surface area contributed by atoms with E-state index in [1.54, 1.807) is 4.90 Å². The number of carbonyl (C=O) groups is 1. The average molecular weight is 360 g/mol. The van der Waals surface area contributed by atoms with Crippen LogP contribution in [0.25, 0.3) is 0 Å². The van der Waals surface area contributed by atoms with E-state index in [2.05, 4.69) is 22.6 Å². The normalized spacial score (nSPS) is 18.7. The third-order valence-corrected chi connectivity index (χ3v) is 3.97. The van der Waals surface area contributed by atoms with Crippen molar-refractivity contribution in [2.24, 2.45) is 5.73 Å². The fourth-order valence-electron chi connectivity index (χ4n) is 2.15. The highest BCUT2D eigenvalue weighted by Crippen LogP contribution is 2.20. The second kappa shape index (κ2) is 5.99. The number of amides is 1. The van der Waals surface area contributed by atoms with Crippen LogP contribution < -0.4 is 5.73 Å². The van der Waals surface area contributed by atoms with Crippen molar-refractivity contribution in [1.82, 2.24) is 4.90 Å². The molecule has 1 aliphatic rings. The molecule has 1 saturated heterocycles. The van der Waals surface area contributed by atoms with Gasteiger partial charge in [-0.15, -0.1) is 0 Å². The van der Waals surface area contributed by atoms with Crippen molar-refractivity contribution >= 4 is 28.5 Å². The molecule has 0 radical (unpaired) electrons. The number of halogens is 1. The van der Waals surface area contributed by atoms with Gasteiger partial charge in [0.25, 0.3) is 0 Å². The molecular formula is C13H17IN2O2. The van der Waals surface area contributed by atoms with Gasteiger partial charge in [0.2, 0.25) is 5.91 Å². The van der Waals surface area contributed by atoms with Gasteiger partial charge in [-0.3, -0.25) is 4.79 Å². The predicted octanol–water partition coefficient (Wildman–Crippen LogP) is 1.27. The monoisotopic (exact) mass is 360 g/mol. The van der Waals surface area contributed by atoms with Gasteiger partial charge in [0, 0.05) is 16.7 Å². The zero-order chi connectivity index (χ0) is 13.1. The molecule has 1 fully saturated rings. The molecular weight excluding hydrogens is 343 g/mol. The van der Waals surface area contributed by atoms with Crippen LogP contribution in [-0.4, -0.2) is 35.0 Å². The third-order valence-electron chi connectivity index (χ3n) is 3.25. The smallest absolute Gasteiger partial charge is 0.242 e. The van der Waals surface area contributed by atoms with Gasteiger partial charge in [-0.25, -0.2) is 0 Å². The Bertz CT molecular complexity index is 416. The summed E-state index contributed by atoms with van der Waals surface area (Å²) in [4.78, 5) is 13.8. The summed E-state index contributed by atoms with van der Waals surface area (Å²) < 4.78 is 1.09. The standard InChI is InChI=1S/C13H17IN2O2/c14-10-5-3-9(4-6-10)12(17)11(15)13(18)16-7-1-2-8-16/h3-6,11-12,17H,1-2,7-8,15H2/t11-,12+/m1/s1. The second-order valence-electron chi connectivity index (χ2n) is 4.55. The van der Waals surface area contributed by atoms with Crippen LogP contribution in [0.5, 0.6) is 0 Å². The average Bonchev–Trinajstić information content (AvgIpc) is 2.91. The Morgan fingerprint density at radius 1 is 1.28 bits per heavy atom. The molecule has 1 aliphatic heterocycles. The summed E-state index contributed by atoms with van der Waals surface area (Å²) in [5.74, 6) is -0.154. The molecule has 0 saturated carbocycles. The number of nitrogens with zero attached hydrogens (tertiary/aromatic N) is 1. The lowest BCUT2D eigenvalue weighted by atomic mass is 10.0. The lowest BCUT2D eigenvalue weighted by molar-refractivity contribution is -0.134. The van der Waals surface area contributed by atoms with Crippen LogP contribution in [0.2, 0.25) is 0 Å². The van der Waals surface area contributed by atoms with Gasteiger partial charge < -0.3 is 15.7 Å². The van der Waals surface area contributed by atoms with E-state index in [-0.39, 0.29) is 5.91 Å². The van der Waals surface area contributed by atoms with Crippen LogP contribution in [0, 0.1) is 3.57 Å². The van der Waals surface area contributed by atoms with Crippen LogP contribution in [0.1, 0.15) is 24.5 Å². The van der Waals surface area contributed by atoms with Gasteiger partial charge in [0.1, 0.15) is 12.1 Å². The minimum atomic E-state index is -0.935. The maximum atomic E-state index is 12.1. The molecule has 0 aliphatic carbocycles. The SMILES string of the molecule is N[C@@H](C(=O)N1CCCC1)[C@@H](O)c1ccc(I)cc1. The zero-order valence-electron chi connectivity index (χ0n) is 10.1. The van der Waals surface area contributed by atoms with Gasteiger partial charge >= 0.3 is 0 Å². The minimum Gasteiger partial charge on any atom is -0.386 e. The van der Waals surface area contributed by atoms with Crippen molar-refractivity contribution in [3.63, 3.8) is 0 Å². The van der Waals surface area contributed by atoms with Crippen molar-refractivity contribution in [2.75, 3.05) is 13.1 Å². The molecule has 0 bridgehead atoms. The Morgan fingerprint density at radius 3 is 2.39 bits per heavy atom. The van der Waals surface area contributed by atoms with Crippen LogP contribution >= 0.6 is 22.6 Å². The van der Waals surface area contributed by atoms with E-state index in [9.17, 15) is 9.90 Å². The molecule has 0 aromatic heterocycles. The summed E-state index contributed by atoms with van der Waals surface area (Å²) in [5, 5.41) is 10.1. The first-order chi connectivity index (χ1) is 8.59. The lowest BCUT2D eigenvalue weighted by Gasteiger charge is -2.24. The molecule has 4 nitrogen and oxygen atoms in total. The summed E-state index contributed by atoms with van der Waals surface area (Å²) >= 11 is 2.19. The number of aliphatic hydroxyl groups is 1. The largest absolute Gasteiger partial charge is 0.386 e. The highest BCUT2D eigenvalue weighted by Gasteiger charge is 2.29. The van der Waals surface area contributed by atoms with Crippen LogP contribution in [0.3, 0.4) is 0 Å². The summed E-state index contributed by atoms with van der Waals surface area (Å²) in [5.41, 5.74) is 6.56. The second-order valence-corrected chi connectivity index (χ2v) is 5.80. The molecule has 1 heterocycles.